The molecule has 3 aliphatic rings. The summed E-state index contributed by atoms with van der Waals surface area (Å²) in [5, 5.41) is 0. The molecule has 2 aliphatic heterocycles. The van der Waals surface area contributed by atoms with Crippen LogP contribution in [0.25, 0.3) is 0 Å². The van der Waals surface area contributed by atoms with Gasteiger partial charge < -0.3 is 9.80 Å². The quantitative estimate of drug-likeness (QED) is 0.699. The van der Waals surface area contributed by atoms with Crippen LogP contribution in [-0.2, 0) is 4.79 Å². The minimum atomic E-state index is 0.0769. The normalized spacial score (nSPS) is 29.9. The van der Waals surface area contributed by atoms with Gasteiger partial charge in [-0.3, -0.25) is 4.79 Å². The van der Waals surface area contributed by atoms with Crippen molar-refractivity contribution in [3.05, 3.63) is 29.8 Å². The number of rotatable bonds is 5. The SMILES string of the molecule is CCCC1CCC(N2CCC(N3C(=O)C(CC)c4ccccc43)CC2)CC1. The van der Waals surface area contributed by atoms with E-state index < -0.39 is 0 Å². The van der Waals surface area contributed by atoms with Crippen molar-refractivity contribution < 1.29 is 4.79 Å². The number of hydrogen-bond donors (Lipinski definition) is 0. The highest BCUT2D eigenvalue weighted by Gasteiger charge is 2.41. The summed E-state index contributed by atoms with van der Waals surface area (Å²) in [6, 6.07) is 9.67. The van der Waals surface area contributed by atoms with Gasteiger partial charge in [0, 0.05) is 30.9 Å². The second kappa shape index (κ2) is 8.34. The predicted octanol–water partition coefficient (Wildman–Crippen LogP) is 5.35. The van der Waals surface area contributed by atoms with Crippen LogP contribution in [0.2, 0.25) is 0 Å². The van der Waals surface area contributed by atoms with E-state index >= 15 is 0 Å². The Morgan fingerprint density at radius 3 is 2.30 bits per heavy atom. The fourth-order valence-electron chi connectivity index (χ4n) is 5.91. The number of piperidine rings is 1. The number of nitrogens with zero attached hydrogens (tertiary/aromatic N) is 2. The Hall–Kier alpha value is -1.35. The maximum atomic E-state index is 13.1. The standard InChI is InChI=1S/C24H36N2O/c1-3-7-18-10-12-19(13-11-18)25-16-14-20(15-17-25)26-23-9-6-5-8-22(23)21(4-2)24(26)27/h5-6,8-9,18-21H,3-4,7,10-17H2,1-2H3. The van der Waals surface area contributed by atoms with Crippen molar-refractivity contribution in [3.8, 4) is 0 Å². The van der Waals surface area contributed by atoms with Gasteiger partial charge in [-0.25, -0.2) is 0 Å². The summed E-state index contributed by atoms with van der Waals surface area (Å²) < 4.78 is 0. The van der Waals surface area contributed by atoms with Crippen LogP contribution in [0.1, 0.15) is 83.1 Å². The number of fused-ring (bicyclic) bond motifs is 1. The van der Waals surface area contributed by atoms with Crippen molar-refractivity contribution in [2.24, 2.45) is 5.92 Å². The first-order valence-electron chi connectivity index (χ1n) is 11.4. The van der Waals surface area contributed by atoms with Crippen LogP contribution in [0, 0.1) is 5.92 Å². The monoisotopic (exact) mass is 368 g/mol. The zero-order valence-corrected chi connectivity index (χ0v) is 17.2. The van der Waals surface area contributed by atoms with E-state index in [0.717, 1.165) is 44.3 Å². The van der Waals surface area contributed by atoms with Gasteiger partial charge in [0.2, 0.25) is 5.91 Å². The molecule has 1 atom stereocenters. The average molecular weight is 369 g/mol. The first kappa shape index (κ1) is 19.0. The molecule has 1 amide bonds. The van der Waals surface area contributed by atoms with Gasteiger partial charge in [-0.2, -0.15) is 0 Å². The van der Waals surface area contributed by atoms with Gasteiger partial charge in [-0.1, -0.05) is 44.9 Å². The van der Waals surface area contributed by atoms with Gasteiger partial charge >= 0.3 is 0 Å². The van der Waals surface area contributed by atoms with Gasteiger partial charge in [0.25, 0.3) is 0 Å². The molecule has 0 radical (unpaired) electrons. The minimum absolute atomic E-state index is 0.0769. The highest BCUT2D eigenvalue weighted by atomic mass is 16.2. The highest BCUT2D eigenvalue weighted by molar-refractivity contribution is 6.05. The van der Waals surface area contributed by atoms with Crippen LogP contribution >= 0.6 is 0 Å². The van der Waals surface area contributed by atoms with E-state index in [0.29, 0.717) is 11.9 Å². The van der Waals surface area contributed by atoms with Gasteiger partial charge in [-0.05, 0) is 62.5 Å². The van der Waals surface area contributed by atoms with Crippen molar-refractivity contribution in [2.45, 2.75) is 89.6 Å². The van der Waals surface area contributed by atoms with Gasteiger partial charge in [-0.15, -0.1) is 0 Å². The maximum absolute atomic E-state index is 13.1. The van der Waals surface area contributed by atoms with Crippen molar-refractivity contribution in [3.63, 3.8) is 0 Å². The van der Waals surface area contributed by atoms with Crippen LogP contribution in [0.4, 0.5) is 5.69 Å². The number of hydrogen-bond acceptors (Lipinski definition) is 2. The summed E-state index contributed by atoms with van der Waals surface area (Å²) in [5.74, 6) is 1.40. The van der Waals surface area contributed by atoms with E-state index in [9.17, 15) is 4.79 Å². The number of amides is 1. The molecule has 2 fully saturated rings. The summed E-state index contributed by atoms with van der Waals surface area (Å²) in [5.41, 5.74) is 2.44. The summed E-state index contributed by atoms with van der Waals surface area (Å²) >= 11 is 0. The Bertz CT molecular complexity index is 642. The highest BCUT2D eigenvalue weighted by Crippen LogP contribution is 2.42. The number of benzene rings is 1. The smallest absolute Gasteiger partial charge is 0.234 e. The second-order valence-corrected chi connectivity index (χ2v) is 8.96. The zero-order chi connectivity index (χ0) is 18.8. The van der Waals surface area contributed by atoms with Crippen LogP contribution in [0.5, 0.6) is 0 Å². The molecule has 1 aromatic carbocycles. The Kier molecular flexibility index (Phi) is 5.87. The molecule has 27 heavy (non-hydrogen) atoms. The molecule has 1 aromatic rings. The molecule has 3 nitrogen and oxygen atoms in total. The van der Waals surface area contributed by atoms with Crippen molar-refractivity contribution in [2.75, 3.05) is 18.0 Å². The third kappa shape index (κ3) is 3.68. The topological polar surface area (TPSA) is 23.6 Å². The van der Waals surface area contributed by atoms with Crippen molar-refractivity contribution >= 4 is 11.6 Å². The summed E-state index contributed by atoms with van der Waals surface area (Å²) in [7, 11) is 0. The molecule has 148 valence electrons. The van der Waals surface area contributed by atoms with Gasteiger partial charge in [0.05, 0.1) is 5.92 Å². The zero-order valence-electron chi connectivity index (χ0n) is 17.2. The molecule has 0 bridgehead atoms. The Morgan fingerprint density at radius 1 is 0.926 bits per heavy atom. The van der Waals surface area contributed by atoms with Crippen LogP contribution in [0.3, 0.4) is 0 Å². The van der Waals surface area contributed by atoms with Gasteiger partial charge in [0.1, 0.15) is 0 Å². The third-order valence-electron chi connectivity index (χ3n) is 7.41. The summed E-state index contributed by atoms with van der Waals surface area (Å²) in [6.45, 7) is 6.78. The van der Waals surface area contributed by atoms with E-state index in [1.54, 1.807) is 0 Å². The molecular formula is C24H36N2O. The second-order valence-electron chi connectivity index (χ2n) is 8.96. The van der Waals surface area contributed by atoms with E-state index in [4.69, 9.17) is 0 Å². The van der Waals surface area contributed by atoms with Gasteiger partial charge in [0.15, 0.2) is 0 Å². The lowest BCUT2D eigenvalue weighted by atomic mass is 9.82. The van der Waals surface area contributed by atoms with E-state index in [2.05, 4.69) is 47.9 Å². The predicted molar refractivity (Wildman–Crippen MR) is 112 cm³/mol. The fourth-order valence-corrected chi connectivity index (χ4v) is 5.91. The maximum Gasteiger partial charge on any atom is 0.234 e. The van der Waals surface area contributed by atoms with E-state index in [-0.39, 0.29) is 5.92 Å². The van der Waals surface area contributed by atoms with Crippen molar-refractivity contribution in [1.29, 1.82) is 0 Å². The van der Waals surface area contributed by atoms with Crippen LogP contribution in [-0.4, -0.2) is 36.0 Å². The molecule has 1 saturated heterocycles. The number of carbonyl (C=O) groups excluding carboxylic acids is 1. The lowest BCUT2D eigenvalue weighted by molar-refractivity contribution is -0.120. The summed E-state index contributed by atoms with van der Waals surface area (Å²) in [4.78, 5) is 18.0. The first-order valence-corrected chi connectivity index (χ1v) is 11.4. The minimum Gasteiger partial charge on any atom is -0.308 e. The molecule has 0 aromatic heterocycles. The average Bonchev–Trinajstić information content (AvgIpc) is 3.00. The van der Waals surface area contributed by atoms with E-state index in [1.165, 1.54) is 49.8 Å². The Labute approximate surface area is 165 Å². The van der Waals surface area contributed by atoms with E-state index in [1.807, 2.05) is 0 Å². The van der Waals surface area contributed by atoms with Crippen LogP contribution < -0.4 is 4.90 Å². The first-order chi connectivity index (χ1) is 13.2. The molecule has 3 heteroatoms. The molecular weight excluding hydrogens is 332 g/mol. The fraction of sp³-hybridized carbons (Fsp3) is 0.708. The van der Waals surface area contributed by atoms with Crippen molar-refractivity contribution in [1.82, 2.24) is 4.90 Å². The van der Waals surface area contributed by atoms with Crippen LogP contribution in [0.15, 0.2) is 24.3 Å². The number of para-hydroxylation sites is 1. The molecule has 0 spiro atoms. The third-order valence-corrected chi connectivity index (χ3v) is 7.41. The lowest BCUT2D eigenvalue weighted by Crippen LogP contribution is -2.50. The number of carbonyl (C=O) groups is 1. The number of likely N-dealkylation sites (tertiary alicyclic amines) is 1. The molecule has 0 N–H and O–H groups in total. The lowest BCUT2D eigenvalue weighted by Gasteiger charge is -2.43. The molecule has 2 heterocycles. The Balaban J connectivity index is 1.37. The summed E-state index contributed by atoms with van der Waals surface area (Å²) in [6.07, 6.45) is 11.6. The largest absolute Gasteiger partial charge is 0.308 e. The molecule has 1 saturated carbocycles. The molecule has 4 rings (SSSR count). The molecule has 1 unspecified atom stereocenters. The molecule has 1 aliphatic carbocycles. The number of anilines is 1. The Morgan fingerprint density at radius 2 is 1.63 bits per heavy atom.